The Morgan fingerprint density at radius 3 is 2.80 bits per heavy atom. The van der Waals surface area contributed by atoms with Crippen LogP contribution >= 0.6 is 0 Å². The van der Waals surface area contributed by atoms with Crippen molar-refractivity contribution in [3.05, 3.63) is 83.1 Å². The molecule has 2 aliphatic rings. The number of rotatable bonds is 7. The van der Waals surface area contributed by atoms with Crippen molar-refractivity contribution >= 4 is 22.7 Å². The number of piperidine rings is 1. The fourth-order valence-electron chi connectivity index (χ4n) is 6.67. The van der Waals surface area contributed by atoms with Gasteiger partial charge in [0.05, 0.1) is 36.7 Å². The van der Waals surface area contributed by atoms with Crippen LogP contribution in [-0.4, -0.2) is 69.4 Å². The molecule has 0 spiro atoms. The van der Waals surface area contributed by atoms with Crippen molar-refractivity contribution in [1.29, 1.82) is 0 Å². The van der Waals surface area contributed by atoms with E-state index in [4.69, 9.17) is 0 Å². The molecule has 1 saturated heterocycles. The van der Waals surface area contributed by atoms with Crippen LogP contribution in [0.25, 0.3) is 22.0 Å². The first-order valence-corrected chi connectivity index (χ1v) is 15.1. The van der Waals surface area contributed by atoms with Crippen molar-refractivity contribution in [2.45, 2.75) is 58.2 Å². The van der Waals surface area contributed by atoms with Gasteiger partial charge in [-0.05, 0) is 54.2 Å². The third kappa shape index (κ3) is 4.93. The number of H-pyrrole nitrogens is 1. The van der Waals surface area contributed by atoms with E-state index in [2.05, 4.69) is 32.3 Å². The van der Waals surface area contributed by atoms with Crippen LogP contribution in [0.4, 0.5) is 4.39 Å². The highest BCUT2D eigenvalue weighted by Crippen LogP contribution is 2.40. The smallest absolute Gasteiger partial charge is 0.270 e. The molecule has 4 aromatic heterocycles. The van der Waals surface area contributed by atoms with Gasteiger partial charge in [-0.3, -0.25) is 23.9 Å². The lowest BCUT2D eigenvalue weighted by Gasteiger charge is -2.33. The average molecular weight is 596 g/mol. The van der Waals surface area contributed by atoms with Crippen molar-refractivity contribution in [2.75, 3.05) is 13.1 Å². The molecule has 0 bridgehead atoms. The van der Waals surface area contributed by atoms with E-state index in [1.807, 2.05) is 30.3 Å². The van der Waals surface area contributed by atoms with Crippen LogP contribution in [0, 0.1) is 5.82 Å². The van der Waals surface area contributed by atoms with Crippen molar-refractivity contribution in [3.63, 3.8) is 0 Å². The summed E-state index contributed by atoms with van der Waals surface area (Å²) in [6.07, 6.45) is 11.3. The van der Waals surface area contributed by atoms with Crippen molar-refractivity contribution in [2.24, 2.45) is 7.05 Å². The molecule has 226 valence electrons. The highest BCUT2D eigenvalue weighted by Gasteiger charge is 2.31. The van der Waals surface area contributed by atoms with Gasteiger partial charge >= 0.3 is 0 Å². The second-order valence-electron chi connectivity index (χ2n) is 11.7. The van der Waals surface area contributed by atoms with Crippen LogP contribution in [-0.2, 0) is 37.9 Å². The van der Waals surface area contributed by atoms with E-state index in [9.17, 15) is 9.59 Å². The minimum Gasteiger partial charge on any atom is -0.348 e. The minimum atomic E-state index is -0.374. The molecule has 1 aromatic carbocycles. The van der Waals surface area contributed by atoms with E-state index in [1.165, 1.54) is 0 Å². The molecular weight excluding hydrogens is 561 g/mol. The molecule has 12 heteroatoms. The fourth-order valence-corrected chi connectivity index (χ4v) is 6.67. The maximum atomic E-state index is 16.6. The van der Waals surface area contributed by atoms with Gasteiger partial charge in [-0.25, -0.2) is 4.39 Å². The van der Waals surface area contributed by atoms with Crippen LogP contribution < -0.4 is 0 Å². The Kier molecular flexibility index (Phi) is 7.19. The number of nitrogens with one attached hydrogen (secondary N) is 1. The lowest BCUT2D eigenvalue weighted by molar-refractivity contribution is -0.132. The summed E-state index contributed by atoms with van der Waals surface area (Å²) >= 11 is 0. The predicted octanol–water partition coefficient (Wildman–Crippen LogP) is 4.21. The van der Waals surface area contributed by atoms with Gasteiger partial charge in [0.1, 0.15) is 5.69 Å². The summed E-state index contributed by atoms with van der Waals surface area (Å²) in [5.41, 5.74) is 6.05. The monoisotopic (exact) mass is 595 g/mol. The summed E-state index contributed by atoms with van der Waals surface area (Å²) in [7, 11) is 1.87. The molecule has 0 aliphatic carbocycles. The molecule has 44 heavy (non-hydrogen) atoms. The molecule has 5 aromatic rings. The molecule has 2 aliphatic heterocycles. The van der Waals surface area contributed by atoms with Crippen molar-refractivity contribution < 1.29 is 14.0 Å². The Balaban J connectivity index is 1.24. The van der Waals surface area contributed by atoms with Gasteiger partial charge in [0.2, 0.25) is 5.91 Å². The number of aromatic amines is 1. The zero-order chi connectivity index (χ0) is 30.4. The third-order valence-electron chi connectivity index (χ3n) is 9.07. The molecule has 0 saturated carbocycles. The number of halogens is 1. The average Bonchev–Trinajstić information content (AvgIpc) is 3.86. The SMILES string of the molecule is CCc1ccncc1-c1cc([C@H]2CCCN(C(=O)CCn3ccnn3)C2)c(F)c2[nH]c(C(=O)N3Cc4cnn(C)c4C3)cc12. The van der Waals surface area contributed by atoms with Crippen LogP contribution in [0.15, 0.2) is 49.2 Å². The van der Waals surface area contributed by atoms with E-state index in [1.54, 1.807) is 45.1 Å². The van der Waals surface area contributed by atoms with E-state index in [0.717, 1.165) is 47.2 Å². The minimum absolute atomic E-state index is 0.0157. The largest absolute Gasteiger partial charge is 0.348 e. The zero-order valence-corrected chi connectivity index (χ0v) is 24.8. The number of hydrogen-bond acceptors (Lipinski definition) is 6. The number of likely N-dealkylation sites (tertiary alicyclic amines) is 1. The van der Waals surface area contributed by atoms with E-state index in [-0.39, 0.29) is 23.5 Å². The highest BCUT2D eigenvalue weighted by molar-refractivity contribution is 6.04. The second kappa shape index (κ2) is 11.3. The van der Waals surface area contributed by atoms with E-state index >= 15 is 4.39 Å². The molecule has 0 unspecified atom stereocenters. The Morgan fingerprint density at radius 1 is 1.11 bits per heavy atom. The predicted molar refractivity (Wildman–Crippen MR) is 161 cm³/mol. The van der Waals surface area contributed by atoms with Gasteiger partial charge in [-0.15, -0.1) is 5.10 Å². The lowest BCUT2D eigenvalue weighted by atomic mass is 9.86. The van der Waals surface area contributed by atoms with Gasteiger partial charge in [0, 0.05) is 74.1 Å². The summed E-state index contributed by atoms with van der Waals surface area (Å²) in [4.78, 5) is 38.0. The van der Waals surface area contributed by atoms with Crippen LogP contribution in [0.2, 0.25) is 0 Å². The molecule has 0 radical (unpaired) electrons. The molecule has 1 fully saturated rings. The first-order valence-electron chi connectivity index (χ1n) is 15.1. The number of nitrogens with zero attached hydrogens (tertiary/aromatic N) is 8. The summed E-state index contributed by atoms with van der Waals surface area (Å²) in [6, 6.07) is 5.67. The fraction of sp³-hybridized carbons (Fsp3) is 0.375. The number of carbonyl (C=O) groups is 2. The maximum absolute atomic E-state index is 16.6. The first kappa shape index (κ1) is 27.9. The van der Waals surface area contributed by atoms with Gasteiger partial charge in [-0.1, -0.05) is 12.1 Å². The Bertz CT molecular complexity index is 1860. The summed E-state index contributed by atoms with van der Waals surface area (Å²) in [6.45, 7) is 4.51. The molecule has 6 heterocycles. The van der Waals surface area contributed by atoms with Gasteiger partial charge < -0.3 is 14.8 Å². The number of aromatic nitrogens is 7. The molecule has 1 atom stereocenters. The topological polar surface area (TPSA) is 118 Å². The van der Waals surface area contributed by atoms with Crippen LogP contribution in [0.3, 0.4) is 0 Å². The third-order valence-corrected chi connectivity index (χ3v) is 9.07. The summed E-state index contributed by atoms with van der Waals surface area (Å²) in [5.74, 6) is -0.734. The maximum Gasteiger partial charge on any atom is 0.270 e. The first-order chi connectivity index (χ1) is 21.4. The molecule has 2 amide bonds. The van der Waals surface area contributed by atoms with E-state index < -0.39 is 0 Å². The number of amides is 2. The molecular formula is C32H34FN9O2. The quantitative estimate of drug-likeness (QED) is 0.301. The number of fused-ring (bicyclic) bond motifs is 2. The van der Waals surface area contributed by atoms with E-state index in [0.29, 0.717) is 61.3 Å². The number of benzene rings is 1. The second-order valence-corrected chi connectivity index (χ2v) is 11.7. The Hall–Kier alpha value is -4.87. The number of pyridine rings is 1. The Labute approximate surface area is 253 Å². The number of aryl methyl sites for hydroxylation is 3. The number of carbonyl (C=O) groups excluding carboxylic acids is 2. The summed E-state index contributed by atoms with van der Waals surface area (Å²) in [5, 5.41) is 12.7. The van der Waals surface area contributed by atoms with Crippen molar-refractivity contribution in [3.8, 4) is 11.1 Å². The molecule has 1 N–H and O–H groups in total. The molecule has 11 nitrogen and oxygen atoms in total. The summed E-state index contributed by atoms with van der Waals surface area (Å²) < 4.78 is 20.0. The van der Waals surface area contributed by atoms with Crippen molar-refractivity contribution in [1.82, 2.24) is 44.5 Å². The Morgan fingerprint density at radius 2 is 2.00 bits per heavy atom. The lowest BCUT2D eigenvalue weighted by Crippen LogP contribution is -2.39. The van der Waals surface area contributed by atoms with Crippen LogP contribution in [0.5, 0.6) is 0 Å². The highest BCUT2D eigenvalue weighted by atomic mass is 19.1. The number of hydrogen-bond donors (Lipinski definition) is 1. The molecule has 7 rings (SSSR count). The van der Waals surface area contributed by atoms with Gasteiger partial charge in [0.15, 0.2) is 5.82 Å². The normalized spacial score (nSPS) is 16.6. The van der Waals surface area contributed by atoms with Gasteiger partial charge in [-0.2, -0.15) is 5.10 Å². The van der Waals surface area contributed by atoms with Gasteiger partial charge in [0.25, 0.3) is 5.91 Å². The van der Waals surface area contributed by atoms with Crippen LogP contribution in [0.1, 0.15) is 65.0 Å². The standard InChI is InChI=1S/C32H34FN9O2/c1-3-20-6-8-34-16-26(20)24-13-23(21-5-4-10-40(17-21)29(43)7-11-42-12-9-35-38-42)30(33)31-25(24)14-27(37-31)32(44)41-18-22-15-36-39(2)28(22)19-41/h6,8-9,12-16,21,37H,3-5,7,10-11,17-19H2,1-2H3/t21-/m0/s1. The zero-order valence-electron chi connectivity index (χ0n) is 24.8.